The molecule has 0 aliphatic heterocycles. The summed E-state index contributed by atoms with van der Waals surface area (Å²) in [6.45, 7) is 13.0. The van der Waals surface area contributed by atoms with E-state index in [0.29, 0.717) is 12.2 Å². The Bertz CT molecular complexity index is 466. The number of rotatable bonds is 6. The maximum atomic E-state index is 11.0. The summed E-state index contributed by atoms with van der Waals surface area (Å²) in [6.07, 6.45) is 0.748. The molecular weight excluding hydrogens is 264 g/mol. The second-order valence-electron chi connectivity index (χ2n) is 7.50. The zero-order valence-corrected chi connectivity index (χ0v) is 14.1. The Morgan fingerprint density at radius 3 is 2.05 bits per heavy atom. The van der Waals surface area contributed by atoms with E-state index < -0.39 is 12.1 Å². The zero-order chi connectivity index (χ0) is 16.3. The molecule has 118 valence electrons. The molecule has 0 aliphatic rings. The maximum Gasteiger partial charge on any atom is 0.344 e. The Morgan fingerprint density at radius 2 is 1.67 bits per heavy atom. The molecule has 0 spiro atoms. The second-order valence-corrected chi connectivity index (χ2v) is 7.50. The summed E-state index contributed by atoms with van der Waals surface area (Å²) in [4.78, 5) is 11.0. The molecule has 0 amide bonds. The van der Waals surface area contributed by atoms with Crippen LogP contribution in [-0.2, 0) is 10.2 Å². The van der Waals surface area contributed by atoms with Crippen LogP contribution in [0.1, 0.15) is 59.9 Å². The summed E-state index contributed by atoms with van der Waals surface area (Å²) in [5.74, 6) is -0.311. The third-order valence-corrected chi connectivity index (χ3v) is 3.53. The topological polar surface area (TPSA) is 46.5 Å². The van der Waals surface area contributed by atoms with E-state index in [4.69, 9.17) is 9.84 Å². The SMILES string of the molecule is CCC(Oc1ccc(C(C)(C)CC(C)(C)C)cc1)C(=O)O. The molecule has 3 heteroatoms. The maximum absolute atomic E-state index is 11.0. The summed E-state index contributed by atoms with van der Waals surface area (Å²) in [6, 6.07) is 7.81. The van der Waals surface area contributed by atoms with E-state index in [0.717, 1.165) is 6.42 Å². The molecule has 1 unspecified atom stereocenters. The number of aliphatic carboxylic acids is 1. The summed E-state index contributed by atoms with van der Waals surface area (Å²) in [5, 5.41) is 9.02. The van der Waals surface area contributed by atoms with Crippen LogP contribution >= 0.6 is 0 Å². The first-order valence-corrected chi connectivity index (χ1v) is 7.55. The smallest absolute Gasteiger partial charge is 0.344 e. The van der Waals surface area contributed by atoms with Crippen molar-refractivity contribution in [2.45, 2.75) is 65.9 Å². The van der Waals surface area contributed by atoms with Crippen LogP contribution in [0, 0.1) is 5.41 Å². The van der Waals surface area contributed by atoms with Crippen molar-refractivity contribution in [2.24, 2.45) is 5.41 Å². The number of hydrogen-bond donors (Lipinski definition) is 1. The van der Waals surface area contributed by atoms with Crippen molar-refractivity contribution in [2.75, 3.05) is 0 Å². The average Bonchev–Trinajstić information content (AvgIpc) is 2.33. The van der Waals surface area contributed by atoms with Crippen LogP contribution < -0.4 is 4.74 Å². The van der Waals surface area contributed by atoms with Gasteiger partial charge in [0.05, 0.1) is 0 Å². The van der Waals surface area contributed by atoms with Crippen molar-refractivity contribution >= 4 is 5.97 Å². The predicted molar refractivity (Wildman–Crippen MR) is 85.9 cm³/mol. The lowest BCUT2D eigenvalue weighted by Crippen LogP contribution is -2.26. The van der Waals surface area contributed by atoms with Crippen LogP contribution in [0.4, 0.5) is 0 Å². The number of carbonyl (C=O) groups is 1. The van der Waals surface area contributed by atoms with E-state index in [9.17, 15) is 4.79 Å². The minimum atomic E-state index is -0.922. The van der Waals surface area contributed by atoms with E-state index in [1.54, 1.807) is 6.92 Å². The van der Waals surface area contributed by atoms with Gasteiger partial charge in [0.25, 0.3) is 0 Å². The van der Waals surface area contributed by atoms with E-state index in [2.05, 4.69) is 34.6 Å². The Morgan fingerprint density at radius 1 is 1.14 bits per heavy atom. The van der Waals surface area contributed by atoms with Gasteiger partial charge in [0, 0.05) is 0 Å². The van der Waals surface area contributed by atoms with Gasteiger partial charge >= 0.3 is 5.97 Å². The van der Waals surface area contributed by atoms with Crippen LogP contribution in [0.2, 0.25) is 0 Å². The number of carboxylic acid groups (broad SMARTS) is 1. The molecule has 0 heterocycles. The van der Waals surface area contributed by atoms with Gasteiger partial charge in [-0.1, -0.05) is 53.7 Å². The quantitative estimate of drug-likeness (QED) is 0.830. The highest BCUT2D eigenvalue weighted by Gasteiger charge is 2.27. The van der Waals surface area contributed by atoms with Gasteiger partial charge in [-0.15, -0.1) is 0 Å². The summed E-state index contributed by atoms with van der Waals surface area (Å²) >= 11 is 0. The second kappa shape index (κ2) is 6.50. The first-order chi connectivity index (χ1) is 9.55. The lowest BCUT2D eigenvalue weighted by Gasteiger charge is -2.33. The fraction of sp³-hybridized carbons (Fsp3) is 0.611. The molecule has 0 aromatic heterocycles. The van der Waals surface area contributed by atoms with Crippen molar-refractivity contribution < 1.29 is 14.6 Å². The van der Waals surface area contributed by atoms with Crippen LogP contribution in [0.25, 0.3) is 0 Å². The molecule has 0 radical (unpaired) electrons. The molecule has 1 N–H and O–H groups in total. The fourth-order valence-electron chi connectivity index (χ4n) is 2.89. The zero-order valence-electron chi connectivity index (χ0n) is 14.1. The molecular formula is C18H28O3. The fourth-order valence-corrected chi connectivity index (χ4v) is 2.89. The molecule has 0 saturated carbocycles. The van der Waals surface area contributed by atoms with Crippen molar-refractivity contribution in [3.63, 3.8) is 0 Å². The van der Waals surface area contributed by atoms with Crippen molar-refractivity contribution in [1.29, 1.82) is 0 Å². The molecule has 1 rings (SSSR count). The van der Waals surface area contributed by atoms with E-state index in [1.165, 1.54) is 5.56 Å². The third-order valence-electron chi connectivity index (χ3n) is 3.53. The summed E-state index contributed by atoms with van der Waals surface area (Å²) in [7, 11) is 0. The van der Waals surface area contributed by atoms with Gasteiger partial charge < -0.3 is 9.84 Å². The van der Waals surface area contributed by atoms with Crippen LogP contribution in [0.15, 0.2) is 24.3 Å². The molecule has 0 bridgehead atoms. The van der Waals surface area contributed by atoms with Crippen LogP contribution in [0.3, 0.4) is 0 Å². The minimum Gasteiger partial charge on any atom is -0.479 e. The molecule has 1 atom stereocenters. The molecule has 0 fully saturated rings. The molecule has 21 heavy (non-hydrogen) atoms. The van der Waals surface area contributed by atoms with E-state index in [1.807, 2.05) is 24.3 Å². The Kier molecular flexibility index (Phi) is 5.43. The minimum absolute atomic E-state index is 0.0771. The highest BCUT2D eigenvalue weighted by Crippen LogP contribution is 2.36. The van der Waals surface area contributed by atoms with E-state index in [-0.39, 0.29) is 10.8 Å². The van der Waals surface area contributed by atoms with Crippen molar-refractivity contribution in [1.82, 2.24) is 0 Å². The number of carboxylic acids is 1. The average molecular weight is 292 g/mol. The number of benzene rings is 1. The van der Waals surface area contributed by atoms with Gasteiger partial charge in [-0.2, -0.15) is 0 Å². The standard InChI is InChI=1S/C18H28O3/c1-7-15(16(19)20)21-14-10-8-13(9-11-14)18(5,6)12-17(2,3)4/h8-11,15H,7,12H2,1-6H3,(H,19,20). The first-order valence-electron chi connectivity index (χ1n) is 7.55. The lowest BCUT2D eigenvalue weighted by atomic mass is 9.72. The molecule has 1 aromatic rings. The highest BCUT2D eigenvalue weighted by molar-refractivity contribution is 5.72. The van der Waals surface area contributed by atoms with Gasteiger partial charge in [0.2, 0.25) is 0 Å². The van der Waals surface area contributed by atoms with Gasteiger partial charge in [-0.05, 0) is 41.4 Å². The largest absolute Gasteiger partial charge is 0.479 e. The number of hydrogen-bond acceptors (Lipinski definition) is 2. The van der Waals surface area contributed by atoms with Gasteiger partial charge in [-0.25, -0.2) is 4.79 Å². The highest BCUT2D eigenvalue weighted by atomic mass is 16.5. The Balaban J connectivity index is 2.85. The van der Waals surface area contributed by atoms with Crippen molar-refractivity contribution in [3.8, 4) is 5.75 Å². The summed E-state index contributed by atoms with van der Waals surface area (Å²) in [5.41, 5.74) is 1.58. The normalized spacial score (nSPS) is 13.8. The van der Waals surface area contributed by atoms with Crippen molar-refractivity contribution in [3.05, 3.63) is 29.8 Å². The summed E-state index contributed by atoms with van der Waals surface area (Å²) < 4.78 is 5.49. The number of ether oxygens (including phenoxy) is 1. The van der Waals surface area contributed by atoms with E-state index >= 15 is 0 Å². The lowest BCUT2D eigenvalue weighted by molar-refractivity contribution is -0.145. The third kappa shape index (κ3) is 5.41. The Labute approximate surface area is 128 Å². The van der Waals surface area contributed by atoms with Gasteiger partial charge in [0.1, 0.15) is 5.75 Å². The molecule has 3 nitrogen and oxygen atoms in total. The van der Waals surface area contributed by atoms with Gasteiger partial charge in [-0.3, -0.25) is 0 Å². The first kappa shape index (κ1) is 17.5. The molecule has 0 aliphatic carbocycles. The monoisotopic (exact) mass is 292 g/mol. The van der Waals surface area contributed by atoms with Crippen LogP contribution in [-0.4, -0.2) is 17.2 Å². The van der Waals surface area contributed by atoms with Gasteiger partial charge in [0.15, 0.2) is 6.10 Å². The molecule has 1 aromatic carbocycles. The molecule has 0 saturated heterocycles. The van der Waals surface area contributed by atoms with Crippen LogP contribution in [0.5, 0.6) is 5.75 Å². The Hall–Kier alpha value is -1.51. The predicted octanol–water partition coefficient (Wildman–Crippen LogP) is 4.64.